The third-order valence-corrected chi connectivity index (χ3v) is 5.69. The molecule has 0 aliphatic rings. The predicted molar refractivity (Wildman–Crippen MR) is 121 cm³/mol. The van der Waals surface area contributed by atoms with Gasteiger partial charge in [0.05, 0.1) is 5.25 Å². The fourth-order valence-electron chi connectivity index (χ4n) is 2.88. The highest BCUT2D eigenvalue weighted by molar-refractivity contribution is 8.00. The smallest absolute Gasteiger partial charge is 0.237 e. The molecule has 7 nitrogen and oxygen atoms in total. The van der Waals surface area contributed by atoms with Crippen molar-refractivity contribution >= 4 is 29.3 Å². The number of anilines is 1. The van der Waals surface area contributed by atoms with Gasteiger partial charge in [0.1, 0.15) is 5.82 Å². The predicted octanol–water partition coefficient (Wildman–Crippen LogP) is 3.77. The van der Waals surface area contributed by atoms with Crippen LogP contribution < -0.4 is 11.1 Å². The van der Waals surface area contributed by atoms with E-state index in [0.29, 0.717) is 24.0 Å². The number of nitrogens with two attached hydrogens (primary N) is 1. The van der Waals surface area contributed by atoms with Crippen LogP contribution in [0.15, 0.2) is 29.4 Å². The van der Waals surface area contributed by atoms with Crippen LogP contribution in [0.1, 0.15) is 59.4 Å². The van der Waals surface area contributed by atoms with Gasteiger partial charge in [-0.2, -0.15) is 0 Å². The lowest BCUT2D eigenvalue weighted by molar-refractivity contribution is -0.118. The third-order valence-electron chi connectivity index (χ3n) is 4.61. The first-order chi connectivity index (χ1) is 14.0. The zero-order valence-electron chi connectivity index (χ0n) is 18.7. The van der Waals surface area contributed by atoms with Crippen LogP contribution >= 0.6 is 11.8 Å². The quantitative estimate of drug-likeness (QED) is 0.588. The van der Waals surface area contributed by atoms with Crippen molar-refractivity contribution in [3.63, 3.8) is 0 Å². The number of nitrogens with zero attached hydrogens (tertiary/aromatic N) is 3. The molecular weight excluding hydrogens is 398 g/mol. The van der Waals surface area contributed by atoms with E-state index in [2.05, 4.69) is 50.1 Å². The Labute approximate surface area is 183 Å². The molecule has 0 aliphatic carbocycles. The Hall–Kier alpha value is -2.35. The van der Waals surface area contributed by atoms with E-state index in [1.54, 1.807) is 0 Å². The van der Waals surface area contributed by atoms with E-state index < -0.39 is 0 Å². The molecule has 8 heteroatoms. The highest BCUT2D eigenvalue weighted by Crippen LogP contribution is 2.26. The molecule has 2 aromatic rings. The van der Waals surface area contributed by atoms with Crippen molar-refractivity contribution in [2.45, 2.75) is 76.8 Å². The fraction of sp³-hybridized carbons (Fsp3) is 0.545. The lowest BCUT2D eigenvalue weighted by Gasteiger charge is -2.19. The van der Waals surface area contributed by atoms with Gasteiger partial charge in [-0.25, -0.2) is 0 Å². The second-order valence-electron chi connectivity index (χ2n) is 8.95. The van der Waals surface area contributed by atoms with Gasteiger partial charge in [0.2, 0.25) is 11.8 Å². The molecule has 3 N–H and O–H groups in total. The Morgan fingerprint density at radius 3 is 2.30 bits per heavy atom. The minimum Gasteiger partial charge on any atom is -0.370 e. The number of hydrogen-bond acceptors (Lipinski definition) is 5. The molecule has 2 amide bonds. The zero-order chi connectivity index (χ0) is 22.5. The van der Waals surface area contributed by atoms with Gasteiger partial charge >= 0.3 is 0 Å². The summed E-state index contributed by atoms with van der Waals surface area (Å²) in [5, 5.41) is 11.8. The van der Waals surface area contributed by atoms with Crippen LogP contribution in [-0.2, 0) is 28.0 Å². The zero-order valence-corrected chi connectivity index (χ0v) is 19.5. The van der Waals surface area contributed by atoms with Crippen LogP contribution in [0.2, 0.25) is 0 Å². The Morgan fingerprint density at radius 1 is 1.13 bits per heavy atom. The summed E-state index contributed by atoms with van der Waals surface area (Å²) < 4.78 is 1.99. The van der Waals surface area contributed by atoms with Crippen molar-refractivity contribution in [2.75, 3.05) is 5.32 Å². The summed E-state index contributed by atoms with van der Waals surface area (Å²) in [6, 6.07) is 7.94. The van der Waals surface area contributed by atoms with Crippen molar-refractivity contribution in [3.8, 4) is 0 Å². The van der Waals surface area contributed by atoms with Crippen LogP contribution in [-0.4, -0.2) is 31.8 Å². The maximum absolute atomic E-state index is 12.7. The minimum atomic E-state index is -0.367. The van der Waals surface area contributed by atoms with E-state index >= 15 is 0 Å². The fourth-order valence-corrected chi connectivity index (χ4v) is 3.76. The molecular formula is C22H33N5O2S. The standard InChI is InChI=1S/C22H33N5O2S/c1-14(2)13-27-19(12-11-18(23)28)25-26-21(27)30-15(3)20(29)24-17-9-7-16(8-10-17)22(4,5)6/h7-10,14-15H,11-13H2,1-6H3,(H2,23,28)(H,24,29). The number of carbonyl (C=O) groups excluding carboxylic acids is 2. The minimum absolute atomic E-state index is 0.0679. The number of rotatable bonds is 9. The number of aryl methyl sites for hydroxylation is 1. The molecule has 0 spiro atoms. The van der Waals surface area contributed by atoms with E-state index in [1.165, 1.54) is 17.3 Å². The van der Waals surface area contributed by atoms with Gasteiger partial charge in [0.25, 0.3) is 0 Å². The Balaban J connectivity index is 2.07. The second kappa shape index (κ2) is 10.1. The van der Waals surface area contributed by atoms with Crippen LogP contribution in [0, 0.1) is 5.92 Å². The molecule has 1 aromatic carbocycles. The molecule has 1 atom stereocenters. The Morgan fingerprint density at radius 2 is 1.77 bits per heavy atom. The lowest BCUT2D eigenvalue weighted by atomic mass is 9.87. The van der Waals surface area contributed by atoms with E-state index in [1.807, 2.05) is 35.8 Å². The van der Waals surface area contributed by atoms with Crippen LogP contribution in [0.4, 0.5) is 5.69 Å². The molecule has 0 saturated carbocycles. The van der Waals surface area contributed by atoms with E-state index in [0.717, 1.165) is 11.5 Å². The number of aromatic nitrogens is 3. The number of nitrogens with one attached hydrogen (secondary N) is 1. The van der Waals surface area contributed by atoms with Crippen LogP contribution in [0.5, 0.6) is 0 Å². The molecule has 1 unspecified atom stereocenters. The highest BCUT2D eigenvalue weighted by atomic mass is 32.2. The monoisotopic (exact) mass is 431 g/mol. The molecule has 1 aromatic heterocycles. The van der Waals surface area contributed by atoms with Crippen molar-refractivity contribution < 1.29 is 9.59 Å². The average molecular weight is 432 g/mol. The first-order valence-electron chi connectivity index (χ1n) is 10.3. The van der Waals surface area contributed by atoms with Crippen LogP contribution in [0.3, 0.4) is 0 Å². The summed E-state index contributed by atoms with van der Waals surface area (Å²) in [4.78, 5) is 23.8. The van der Waals surface area contributed by atoms with E-state index in [4.69, 9.17) is 5.73 Å². The van der Waals surface area contributed by atoms with Gasteiger partial charge < -0.3 is 15.6 Å². The van der Waals surface area contributed by atoms with Gasteiger partial charge in [0, 0.05) is 25.1 Å². The SMILES string of the molecule is CC(C)Cn1c(CCC(N)=O)nnc1SC(C)C(=O)Nc1ccc(C(C)(C)C)cc1. The van der Waals surface area contributed by atoms with Gasteiger partial charge in [0.15, 0.2) is 5.16 Å². The van der Waals surface area contributed by atoms with Crippen LogP contribution in [0.25, 0.3) is 0 Å². The van der Waals surface area contributed by atoms with E-state index in [-0.39, 0.29) is 28.9 Å². The number of benzene rings is 1. The van der Waals surface area contributed by atoms with Gasteiger partial charge in [-0.1, -0.05) is 58.5 Å². The molecule has 0 radical (unpaired) electrons. The summed E-state index contributed by atoms with van der Waals surface area (Å²) in [6.07, 6.45) is 0.664. The van der Waals surface area contributed by atoms with Gasteiger partial charge in [-0.15, -0.1) is 10.2 Å². The van der Waals surface area contributed by atoms with Gasteiger partial charge in [-0.05, 0) is 36.0 Å². The first kappa shape index (κ1) is 23.9. The number of hydrogen-bond donors (Lipinski definition) is 2. The summed E-state index contributed by atoms with van der Waals surface area (Å²) in [6.45, 7) is 13.2. The first-order valence-corrected chi connectivity index (χ1v) is 11.1. The van der Waals surface area contributed by atoms with E-state index in [9.17, 15) is 9.59 Å². The molecule has 1 heterocycles. The molecule has 30 heavy (non-hydrogen) atoms. The number of primary amides is 1. The van der Waals surface area contributed by atoms with Crippen molar-refractivity contribution in [3.05, 3.63) is 35.7 Å². The van der Waals surface area contributed by atoms with Crippen molar-refractivity contribution in [2.24, 2.45) is 11.7 Å². The molecule has 0 aliphatic heterocycles. The van der Waals surface area contributed by atoms with Crippen molar-refractivity contribution in [1.29, 1.82) is 0 Å². The second-order valence-corrected chi connectivity index (χ2v) is 10.3. The number of amides is 2. The van der Waals surface area contributed by atoms with Crippen molar-refractivity contribution in [1.82, 2.24) is 14.8 Å². The molecule has 2 rings (SSSR count). The molecule has 0 fully saturated rings. The molecule has 0 saturated heterocycles. The summed E-state index contributed by atoms with van der Waals surface area (Å²) >= 11 is 1.36. The number of carbonyl (C=O) groups is 2. The summed E-state index contributed by atoms with van der Waals surface area (Å²) in [7, 11) is 0. The largest absolute Gasteiger partial charge is 0.370 e. The lowest BCUT2D eigenvalue weighted by Crippen LogP contribution is -2.23. The number of thioether (sulfide) groups is 1. The summed E-state index contributed by atoms with van der Waals surface area (Å²) in [5.41, 5.74) is 7.32. The highest BCUT2D eigenvalue weighted by Gasteiger charge is 2.21. The van der Waals surface area contributed by atoms with Gasteiger partial charge in [-0.3, -0.25) is 9.59 Å². The average Bonchev–Trinajstić information content (AvgIpc) is 3.00. The third kappa shape index (κ3) is 6.86. The molecule has 0 bridgehead atoms. The normalized spacial score (nSPS) is 12.8. The maximum Gasteiger partial charge on any atom is 0.237 e. The topological polar surface area (TPSA) is 103 Å². The summed E-state index contributed by atoms with van der Waals surface area (Å²) in [5.74, 6) is 0.628. The molecule has 164 valence electrons. The maximum atomic E-state index is 12.7. The Kier molecular flexibility index (Phi) is 8.06. The Bertz CT molecular complexity index is 869.